The molecule has 31 heavy (non-hydrogen) atoms. The van der Waals surface area contributed by atoms with E-state index in [1.54, 1.807) is 6.92 Å². The maximum Gasteiger partial charge on any atom is 0.224 e. The van der Waals surface area contributed by atoms with Gasteiger partial charge in [-0.05, 0) is 50.8 Å². The van der Waals surface area contributed by atoms with Crippen LogP contribution in [0.15, 0.2) is 24.4 Å². The second-order valence-electron chi connectivity index (χ2n) is 7.38. The van der Waals surface area contributed by atoms with Gasteiger partial charge < -0.3 is 15.8 Å². The number of sulfonamides is 1. The molecule has 1 saturated carbocycles. The fraction of sp³-hybridized carbons (Fsp3) is 0.450. The van der Waals surface area contributed by atoms with Crippen molar-refractivity contribution in [2.75, 3.05) is 23.9 Å². The molecule has 0 aliphatic heterocycles. The molecule has 168 valence electrons. The summed E-state index contributed by atoms with van der Waals surface area (Å²) >= 11 is 0. The third-order valence-electron chi connectivity index (χ3n) is 5.26. The number of nitrogen functional groups attached to an aromatic ring is 1. The van der Waals surface area contributed by atoms with Gasteiger partial charge in [0.25, 0.3) is 0 Å². The Morgan fingerprint density at radius 2 is 1.90 bits per heavy atom. The number of carbonyl (C=O) groups is 1. The average molecular weight is 452 g/mol. The van der Waals surface area contributed by atoms with Crippen molar-refractivity contribution in [2.24, 2.45) is 0 Å². The molecule has 0 spiro atoms. The first-order valence-corrected chi connectivity index (χ1v) is 11.6. The topological polar surface area (TPSA) is 136 Å². The molecular formula is C20H26FN5O4S. The first-order chi connectivity index (χ1) is 14.7. The lowest BCUT2D eigenvalue weighted by atomic mass is 9.92. The summed E-state index contributed by atoms with van der Waals surface area (Å²) in [5.41, 5.74) is 6.06. The number of hydrogen-bond donors (Lipinski definition) is 3. The van der Waals surface area contributed by atoms with E-state index in [0.29, 0.717) is 12.8 Å². The van der Waals surface area contributed by atoms with Crippen LogP contribution in [0, 0.1) is 5.82 Å². The van der Waals surface area contributed by atoms with E-state index in [2.05, 4.69) is 20.0 Å². The Hall–Kier alpha value is -2.79. The molecule has 1 aliphatic rings. The molecule has 9 nitrogen and oxygen atoms in total. The zero-order valence-electron chi connectivity index (χ0n) is 17.4. The number of rotatable bonds is 8. The molecule has 1 aromatic heterocycles. The van der Waals surface area contributed by atoms with Gasteiger partial charge >= 0.3 is 0 Å². The van der Waals surface area contributed by atoms with E-state index in [9.17, 15) is 17.6 Å². The Balaban J connectivity index is 1.66. The SMILES string of the molecule is CCS(=O)(=O)NC1CCC(Nc2ncc(C(=O)c3cc(F)ccc3OC)c(N)n2)CC1. The summed E-state index contributed by atoms with van der Waals surface area (Å²) in [6.45, 7) is 1.61. The second kappa shape index (κ2) is 9.56. The first kappa shape index (κ1) is 22.9. The van der Waals surface area contributed by atoms with Gasteiger partial charge in [0.15, 0.2) is 0 Å². The third kappa shape index (κ3) is 5.67. The molecule has 0 amide bonds. The van der Waals surface area contributed by atoms with E-state index in [0.717, 1.165) is 18.9 Å². The van der Waals surface area contributed by atoms with Crippen LogP contribution >= 0.6 is 0 Å². The smallest absolute Gasteiger partial charge is 0.224 e. The molecule has 0 bridgehead atoms. The predicted molar refractivity (Wildman–Crippen MR) is 115 cm³/mol. The number of nitrogens with two attached hydrogens (primary N) is 1. The van der Waals surface area contributed by atoms with Gasteiger partial charge in [0.05, 0.1) is 24.0 Å². The molecule has 2 aromatic rings. The molecule has 0 saturated heterocycles. The van der Waals surface area contributed by atoms with E-state index in [4.69, 9.17) is 10.5 Å². The van der Waals surface area contributed by atoms with Crippen molar-refractivity contribution < 1.29 is 22.3 Å². The van der Waals surface area contributed by atoms with E-state index in [1.165, 1.54) is 25.4 Å². The number of ether oxygens (including phenoxy) is 1. The Kier molecular flexibility index (Phi) is 7.06. The number of halogens is 1. The van der Waals surface area contributed by atoms with Crippen LogP contribution in [0.4, 0.5) is 16.2 Å². The Labute approximate surface area is 180 Å². The van der Waals surface area contributed by atoms with Gasteiger partial charge in [0, 0.05) is 18.3 Å². The molecule has 3 rings (SSSR count). The van der Waals surface area contributed by atoms with Crippen LogP contribution in [0.25, 0.3) is 0 Å². The van der Waals surface area contributed by atoms with E-state index in [1.807, 2.05) is 0 Å². The molecule has 1 aromatic carbocycles. The minimum atomic E-state index is -3.22. The normalized spacial score (nSPS) is 19.1. The molecule has 0 unspecified atom stereocenters. The number of nitrogens with zero attached hydrogens (tertiary/aromatic N) is 2. The van der Waals surface area contributed by atoms with Crippen molar-refractivity contribution in [3.63, 3.8) is 0 Å². The number of aromatic nitrogens is 2. The maximum absolute atomic E-state index is 13.6. The Morgan fingerprint density at radius 3 is 2.52 bits per heavy atom. The largest absolute Gasteiger partial charge is 0.496 e. The standard InChI is InChI=1S/C20H26FN5O4S/c1-3-31(28,29)26-14-7-5-13(6-8-14)24-20-23-11-16(19(22)25-20)18(27)15-10-12(21)4-9-17(15)30-2/h4,9-11,13-14,26H,3,5-8H2,1-2H3,(H3,22,23,24,25). The van der Waals surface area contributed by atoms with Crippen molar-refractivity contribution >= 4 is 27.6 Å². The number of carbonyl (C=O) groups excluding carboxylic acids is 1. The van der Waals surface area contributed by atoms with Gasteiger partial charge in [0.2, 0.25) is 21.8 Å². The maximum atomic E-state index is 13.6. The minimum Gasteiger partial charge on any atom is -0.496 e. The monoisotopic (exact) mass is 451 g/mol. The van der Waals surface area contributed by atoms with Crippen molar-refractivity contribution in [1.29, 1.82) is 0 Å². The van der Waals surface area contributed by atoms with Gasteiger partial charge in [-0.25, -0.2) is 22.5 Å². The summed E-state index contributed by atoms with van der Waals surface area (Å²) in [5.74, 6) is -0.576. The molecule has 0 atom stereocenters. The summed E-state index contributed by atoms with van der Waals surface area (Å²) < 4.78 is 44.9. The van der Waals surface area contributed by atoms with E-state index >= 15 is 0 Å². The summed E-state index contributed by atoms with van der Waals surface area (Å²) in [6.07, 6.45) is 4.17. The summed E-state index contributed by atoms with van der Waals surface area (Å²) in [6, 6.07) is 3.64. The molecule has 11 heteroatoms. The predicted octanol–water partition coefficient (Wildman–Crippen LogP) is 2.10. The zero-order chi connectivity index (χ0) is 22.6. The van der Waals surface area contributed by atoms with Crippen molar-refractivity contribution in [3.05, 3.63) is 41.3 Å². The highest BCUT2D eigenvalue weighted by Gasteiger charge is 2.25. The van der Waals surface area contributed by atoms with Crippen LogP contribution in [0.3, 0.4) is 0 Å². The van der Waals surface area contributed by atoms with Gasteiger partial charge in [-0.15, -0.1) is 0 Å². The van der Waals surface area contributed by atoms with Crippen LogP contribution in [-0.4, -0.2) is 49.1 Å². The molecule has 1 heterocycles. The van der Waals surface area contributed by atoms with E-state index in [-0.39, 0.29) is 46.5 Å². The van der Waals surface area contributed by atoms with Crippen LogP contribution in [0.2, 0.25) is 0 Å². The highest BCUT2D eigenvalue weighted by atomic mass is 32.2. The minimum absolute atomic E-state index is 0.0294. The number of hydrogen-bond acceptors (Lipinski definition) is 8. The number of methoxy groups -OCH3 is 1. The summed E-state index contributed by atoms with van der Waals surface area (Å²) in [7, 11) is -1.83. The third-order valence-corrected chi connectivity index (χ3v) is 6.71. The highest BCUT2D eigenvalue weighted by molar-refractivity contribution is 7.89. The Bertz CT molecular complexity index is 1060. The van der Waals surface area contributed by atoms with Gasteiger partial charge in [-0.1, -0.05) is 0 Å². The highest BCUT2D eigenvalue weighted by Crippen LogP contribution is 2.26. The molecule has 0 radical (unpaired) electrons. The lowest BCUT2D eigenvalue weighted by molar-refractivity contribution is 0.103. The van der Waals surface area contributed by atoms with Gasteiger partial charge in [-0.2, -0.15) is 4.98 Å². The second-order valence-corrected chi connectivity index (χ2v) is 9.42. The zero-order valence-corrected chi connectivity index (χ0v) is 18.2. The molecule has 1 fully saturated rings. The molecule has 1 aliphatic carbocycles. The summed E-state index contributed by atoms with van der Waals surface area (Å²) in [4.78, 5) is 21.1. The van der Waals surface area contributed by atoms with E-state index < -0.39 is 21.6 Å². The van der Waals surface area contributed by atoms with Crippen LogP contribution in [0.5, 0.6) is 5.75 Å². The van der Waals surface area contributed by atoms with Crippen LogP contribution in [0.1, 0.15) is 48.5 Å². The fourth-order valence-corrected chi connectivity index (χ4v) is 4.43. The molecule has 4 N–H and O–H groups in total. The van der Waals surface area contributed by atoms with Crippen molar-refractivity contribution in [1.82, 2.24) is 14.7 Å². The first-order valence-electron chi connectivity index (χ1n) is 9.99. The average Bonchev–Trinajstić information content (AvgIpc) is 2.74. The number of anilines is 2. The number of ketones is 1. The lowest BCUT2D eigenvalue weighted by Gasteiger charge is -2.29. The van der Waals surface area contributed by atoms with Crippen molar-refractivity contribution in [3.8, 4) is 5.75 Å². The Morgan fingerprint density at radius 1 is 1.23 bits per heavy atom. The van der Waals surface area contributed by atoms with Gasteiger partial charge in [0.1, 0.15) is 17.4 Å². The number of nitrogens with one attached hydrogen (secondary N) is 2. The van der Waals surface area contributed by atoms with Crippen molar-refractivity contribution in [2.45, 2.75) is 44.7 Å². The molecular weight excluding hydrogens is 425 g/mol. The summed E-state index contributed by atoms with van der Waals surface area (Å²) in [5, 5.41) is 3.18. The lowest BCUT2D eigenvalue weighted by Crippen LogP contribution is -2.40. The van der Waals surface area contributed by atoms with Crippen LogP contribution in [-0.2, 0) is 10.0 Å². The quantitative estimate of drug-likeness (QED) is 0.519. The fourth-order valence-electron chi connectivity index (χ4n) is 3.52. The van der Waals surface area contributed by atoms with Crippen LogP contribution < -0.4 is 20.5 Å². The van der Waals surface area contributed by atoms with Gasteiger partial charge in [-0.3, -0.25) is 4.79 Å². The number of benzene rings is 1.